The van der Waals surface area contributed by atoms with Crippen molar-refractivity contribution < 1.29 is 19.0 Å². The molecule has 0 spiro atoms. The summed E-state index contributed by atoms with van der Waals surface area (Å²) in [6, 6.07) is 5.22. The molecule has 1 aliphatic carbocycles. The molecule has 0 bridgehead atoms. The maximum absolute atomic E-state index is 12.1. The second kappa shape index (κ2) is 6.66. The molecule has 0 radical (unpaired) electrons. The normalized spacial score (nSPS) is 20.7. The lowest BCUT2D eigenvalue weighted by atomic mass is 9.95. The summed E-state index contributed by atoms with van der Waals surface area (Å²) in [6.45, 7) is 1.74. The Labute approximate surface area is 124 Å². The van der Waals surface area contributed by atoms with Crippen molar-refractivity contribution >= 4 is 5.97 Å². The van der Waals surface area contributed by atoms with Crippen LogP contribution in [0.4, 0.5) is 0 Å². The van der Waals surface area contributed by atoms with Gasteiger partial charge in [0.1, 0.15) is 0 Å². The van der Waals surface area contributed by atoms with E-state index in [-0.39, 0.29) is 5.97 Å². The largest absolute Gasteiger partial charge is 0.490 e. The second-order valence-corrected chi connectivity index (χ2v) is 5.46. The molecule has 0 N–H and O–H groups in total. The van der Waals surface area contributed by atoms with Gasteiger partial charge in [0.2, 0.25) is 0 Å². The fourth-order valence-corrected chi connectivity index (χ4v) is 2.57. The van der Waals surface area contributed by atoms with Crippen molar-refractivity contribution in [1.29, 1.82) is 0 Å². The van der Waals surface area contributed by atoms with E-state index >= 15 is 0 Å². The Morgan fingerprint density at radius 2 is 2.05 bits per heavy atom. The van der Waals surface area contributed by atoms with Gasteiger partial charge in [0.15, 0.2) is 11.5 Å². The van der Waals surface area contributed by atoms with E-state index in [4.69, 9.17) is 14.2 Å². The van der Waals surface area contributed by atoms with Gasteiger partial charge in [-0.05, 0) is 43.4 Å². The molecule has 1 aliphatic heterocycles. The molecule has 0 saturated carbocycles. The highest BCUT2D eigenvalue weighted by Crippen LogP contribution is 2.30. The molecule has 21 heavy (non-hydrogen) atoms. The number of carbonyl (C=O) groups is 1. The summed E-state index contributed by atoms with van der Waals surface area (Å²) in [5.41, 5.74) is 0.519. The minimum Gasteiger partial charge on any atom is -0.490 e. The lowest BCUT2D eigenvalue weighted by molar-refractivity contribution is 0.0432. The van der Waals surface area contributed by atoms with Crippen LogP contribution >= 0.6 is 0 Å². The SMILES string of the molecule is O=C(OCC1CC=CCC1)c1ccc2c(c1)OCCCO2. The van der Waals surface area contributed by atoms with E-state index in [1.54, 1.807) is 18.2 Å². The molecule has 4 heteroatoms. The summed E-state index contributed by atoms with van der Waals surface area (Å²) in [4.78, 5) is 12.1. The number of esters is 1. The van der Waals surface area contributed by atoms with Gasteiger partial charge in [-0.3, -0.25) is 0 Å². The molecule has 0 amide bonds. The average Bonchev–Trinajstić information content (AvgIpc) is 2.78. The second-order valence-electron chi connectivity index (χ2n) is 5.46. The maximum atomic E-state index is 12.1. The van der Waals surface area contributed by atoms with Gasteiger partial charge in [-0.2, -0.15) is 0 Å². The first-order valence-electron chi connectivity index (χ1n) is 7.55. The molecule has 0 fully saturated rings. The van der Waals surface area contributed by atoms with Crippen LogP contribution in [0.3, 0.4) is 0 Å². The molecular weight excluding hydrogens is 268 g/mol. The summed E-state index contributed by atoms with van der Waals surface area (Å²) in [7, 11) is 0. The van der Waals surface area contributed by atoms with Crippen molar-refractivity contribution in [2.24, 2.45) is 5.92 Å². The minimum absolute atomic E-state index is 0.291. The number of allylic oxidation sites excluding steroid dienone is 2. The van der Waals surface area contributed by atoms with Crippen molar-refractivity contribution in [3.63, 3.8) is 0 Å². The Bertz CT molecular complexity index is 536. The van der Waals surface area contributed by atoms with Crippen molar-refractivity contribution in [2.75, 3.05) is 19.8 Å². The van der Waals surface area contributed by atoms with Crippen LogP contribution in [-0.2, 0) is 4.74 Å². The molecule has 1 unspecified atom stereocenters. The lowest BCUT2D eigenvalue weighted by Gasteiger charge is -2.17. The van der Waals surface area contributed by atoms with Crippen molar-refractivity contribution in [2.45, 2.75) is 25.7 Å². The Hall–Kier alpha value is -1.97. The van der Waals surface area contributed by atoms with Crippen LogP contribution in [0.15, 0.2) is 30.4 Å². The Morgan fingerprint density at radius 3 is 2.86 bits per heavy atom. The number of hydrogen-bond donors (Lipinski definition) is 0. The number of hydrogen-bond acceptors (Lipinski definition) is 4. The van der Waals surface area contributed by atoms with Crippen LogP contribution in [0, 0.1) is 5.92 Å². The highest BCUT2D eigenvalue weighted by Gasteiger charge is 2.17. The van der Waals surface area contributed by atoms with E-state index in [0.29, 0.717) is 42.8 Å². The van der Waals surface area contributed by atoms with E-state index in [0.717, 1.165) is 25.7 Å². The molecule has 112 valence electrons. The van der Waals surface area contributed by atoms with Gasteiger partial charge < -0.3 is 14.2 Å². The minimum atomic E-state index is -0.291. The summed E-state index contributed by atoms with van der Waals surface area (Å²) in [5, 5.41) is 0. The van der Waals surface area contributed by atoms with Crippen LogP contribution in [0.2, 0.25) is 0 Å². The average molecular weight is 288 g/mol. The molecular formula is C17H20O4. The van der Waals surface area contributed by atoms with Gasteiger partial charge in [-0.25, -0.2) is 4.79 Å². The van der Waals surface area contributed by atoms with E-state index in [9.17, 15) is 4.79 Å². The summed E-state index contributed by atoms with van der Waals surface area (Å²) in [5.74, 6) is 1.48. The van der Waals surface area contributed by atoms with Crippen molar-refractivity contribution in [3.8, 4) is 11.5 Å². The van der Waals surface area contributed by atoms with Gasteiger partial charge in [0, 0.05) is 6.42 Å². The Morgan fingerprint density at radius 1 is 1.19 bits per heavy atom. The van der Waals surface area contributed by atoms with Gasteiger partial charge in [-0.15, -0.1) is 0 Å². The quantitative estimate of drug-likeness (QED) is 0.632. The number of fused-ring (bicyclic) bond motifs is 1. The molecule has 4 nitrogen and oxygen atoms in total. The molecule has 3 rings (SSSR count). The Balaban J connectivity index is 1.61. The number of benzene rings is 1. The molecule has 0 aromatic heterocycles. The van der Waals surface area contributed by atoms with Crippen molar-refractivity contribution in [1.82, 2.24) is 0 Å². The first kappa shape index (κ1) is 14.0. The fraction of sp³-hybridized carbons (Fsp3) is 0.471. The van der Waals surface area contributed by atoms with Gasteiger partial charge in [0.25, 0.3) is 0 Å². The standard InChI is InChI=1S/C17H20O4/c18-17(21-12-13-5-2-1-3-6-13)14-7-8-15-16(11-14)20-10-4-9-19-15/h1-2,7-8,11,13H,3-6,9-10,12H2. The molecule has 1 aromatic rings. The van der Waals surface area contributed by atoms with Crippen LogP contribution < -0.4 is 9.47 Å². The third-order valence-corrected chi connectivity index (χ3v) is 3.81. The number of ether oxygens (including phenoxy) is 3. The Kier molecular flexibility index (Phi) is 4.43. The molecule has 1 atom stereocenters. The lowest BCUT2D eigenvalue weighted by Crippen LogP contribution is -2.15. The molecule has 0 saturated heterocycles. The van der Waals surface area contributed by atoms with Crippen LogP contribution in [0.5, 0.6) is 11.5 Å². The first-order valence-corrected chi connectivity index (χ1v) is 7.55. The van der Waals surface area contributed by atoms with E-state index in [1.807, 2.05) is 0 Å². The van der Waals surface area contributed by atoms with Gasteiger partial charge in [0.05, 0.1) is 25.4 Å². The molecule has 1 aromatic carbocycles. The topological polar surface area (TPSA) is 44.8 Å². The fourth-order valence-electron chi connectivity index (χ4n) is 2.57. The monoisotopic (exact) mass is 288 g/mol. The third-order valence-electron chi connectivity index (χ3n) is 3.81. The highest BCUT2D eigenvalue weighted by atomic mass is 16.5. The first-order chi connectivity index (χ1) is 10.3. The van der Waals surface area contributed by atoms with Gasteiger partial charge >= 0.3 is 5.97 Å². The maximum Gasteiger partial charge on any atom is 0.338 e. The zero-order valence-electron chi connectivity index (χ0n) is 12.0. The zero-order valence-corrected chi connectivity index (χ0v) is 12.0. The van der Waals surface area contributed by atoms with Crippen LogP contribution in [0.1, 0.15) is 36.0 Å². The summed E-state index contributed by atoms with van der Waals surface area (Å²) >= 11 is 0. The predicted molar refractivity (Wildman–Crippen MR) is 78.8 cm³/mol. The van der Waals surface area contributed by atoms with E-state index in [1.165, 1.54) is 0 Å². The smallest absolute Gasteiger partial charge is 0.338 e. The highest BCUT2D eigenvalue weighted by molar-refractivity contribution is 5.90. The van der Waals surface area contributed by atoms with Crippen LogP contribution in [0.25, 0.3) is 0 Å². The van der Waals surface area contributed by atoms with E-state index in [2.05, 4.69) is 12.2 Å². The number of carbonyl (C=O) groups excluding carboxylic acids is 1. The van der Waals surface area contributed by atoms with Crippen LogP contribution in [-0.4, -0.2) is 25.8 Å². The van der Waals surface area contributed by atoms with Gasteiger partial charge in [-0.1, -0.05) is 12.2 Å². The zero-order chi connectivity index (χ0) is 14.5. The third kappa shape index (κ3) is 3.57. The summed E-state index contributed by atoms with van der Waals surface area (Å²) < 4.78 is 16.6. The predicted octanol–water partition coefficient (Wildman–Crippen LogP) is 3.36. The molecule has 2 aliphatic rings. The molecule has 1 heterocycles. The number of rotatable bonds is 3. The van der Waals surface area contributed by atoms with Crippen molar-refractivity contribution in [3.05, 3.63) is 35.9 Å². The van der Waals surface area contributed by atoms with E-state index < -0.39 is 0 Å². The summed E-state index contributed by atoms with van der Waals surface area (Å²) in [6.07, 6.45) is 8.35.